The van der Waals surface area contributed by atoms with Crippen LogP contribution in [0.25, 0.3) is 12.8 Å². The van der Waals surface area contributed by atoms with E-state index in [2.05, 4.69) is 42.0 Å². The van der Waals surface area contributed by atoms with Gasteiger partial charge in [-0.3, -0.25) is 9.59 Å². The summed E-state index contributed by atoms with van der Waals surface area (Å²) in [6.45, 7) is 11.6. The summed E-state index contributed by atoms with van der Waals surface area (Å²) >= 11 is 0. The number of nitrogens with one attached hydrogen (secondary N) is 1. The van der Waals surface area contributed by atoms with E-state index < -0.39 is 11.7 Å². The van der Waals surface area contributed by atoms with E-state index in [1.54, 1.807) is 0 Å². The number of ether oxygens (including phenoxy) is 1. The minimum atomic E-state index is -4.33. The van der Waals surface area contributed by atoms with Gasteiger partial charge in [0.2, 0.25) is 0 Å². The van der Waals surface area contributed by atoms with Crippen molar-refractivity contribution in [2.45, 2.75) is 38.8 Å². The number of nitrogens with zero attached hydrogens (tertiary/aromatic N) is 2. The molecular weight excluding hydrogens is 531 g/mol. The Bertz CT molecular complexity index is 1250. The Labute approximate surface area is 240 Å². The van der Waals surface area contributed by atoms with Crippen LogP contribution >= 0.6 is 0 Å². The van der Waals surface area contributed by atoms with E-state index in [4.69, 9.17) is 4.74 Å². The van der Waals surface area contributed by atoms with Crippen molar-refractivity contribution in [3.8, 4) is 0 Å². The predicted molar refractivity (Wildman–Crippen MR) is 156 cm³/mol. The van der Waals surface area contributed by atoms with Crippen LogP contribution in [0.2, 0.25) is 0 Å². The summed E-state index contributed by atoms with van der Waals surface area (Å²) in [4.78, 5) is 27.4. The number of aldehydes is 1. The van der Waals surface area contributed by atoms with Crippen LogP contribution in [0.15, 0.2) is 36.4 Å². The number of carbonyl (C=O) groups excluding carboxylic acids is 2. The van der Waals surface area contributed by atoms with Crippen LogP contribution < -0.4 is 15.8 Å². The number of amides is 1. The lowest BCUT2D eigenvalue weighted by Crippen LogP contribution is -2.37. The lowest BCUT2D eigenvalue weighted by Gasteiger charge is -2.31. The van der Waals surface area contributed by atoms with Gasteiger partial charge in [0, 0.05) is 49.3 Å². The predicted octanol–water partition coefficient (Wildman–Crippen LogP) is 4.09. The summed E-state index contributed by atoms with van der Waals surface area (Å²) in [5, 5.41) is 5.00. The zero-order chi connectivity index (χ0) is 30.0. The molecule has 1 heterocycles. The first-order valence-corrected chi connectivity index (χ1v) is 14.2. The van der Waals surface area contributed by atoms with Gasteiger partial charge in [0.05, 0.1) is 12.2 Å². The van der Waals surface area contributed by atoms with Gasteiger partial charge in [-0.1, -0.05) is 24.8 Å². The van der Waals surface area contributed by atoms with Crippen LogP contribution in [0.4, 0.5) is 13.2 Å². The molecule has 1 N–H and O–H groups in total. The van der Waals surface area contributed by atoms with Crippen molar-refractivity contribution in [1.29, 1.82) is 0 Å². The molecule has 1 saturated heterocycles. The Kier molecular flexibility index (Phi) is 12.0. The van der Waals surface area contributed by atoms with Crippen molar-refractivity contribution in [1.82, 2.24) is 15.1 Å². The van der Waals surface area contributed by atoms with Crippen molar-refractivity contribution in [3.63, 3.8) is 0 Å². The molecule has 1 amide bonds. The molecule has 2 aromatic carbocycles. The first-order valence-electron chi connectivity index (χ1n) is 14.2. The molecule has 2 aromatic rings. The quantitative estimate of drug-likeness (QED) is 0.343. The number of carbonyl (C=O) groups is 2. The van der Waals surface area contributed by atoms with E-state index in [0.717, 1.165) is 70.8 Å². The average Bonchev–Trinajstić information content (AvgIpc) is 3.76. The van der Waals surface area contributed by atoms with Gasteiger partial charge in [-0.2, -0.15) is 13.2 Å². The summed E-state index contributed by atoms with van der Waals surface area (Å²) in [5.41, 5.74) is 1.21. The highest BCUT2D eigenvalue weighted by Crippen LogP contribution is 2.29. The van der Waals surface area contributed by atoms with Crippen molar-refractivity contribution < 1.29 is 27.5 Å². The molecule has 0 bridgehead atoms. The summed E-state index contributed by atoms with van der Waals surface area (Å²) in [7, 11) is 4.32. The Morgan fingerprint density at radius 1 is 1.10 bits per heavy atom. The molecule has 9 heteroatoms. The molecule has 0 radical (unpaired) electrons. The lowest BCUT2D eigenvalue weighted by molar-refractivity contribution is -0.137. The van der Waals surface area contributed by atoms with Gasteiger partial charge in [-0.05, 0) is 93.6 Å². The molecule has 224 valence electrons. The number of benzene rings is 2. The fourth-order valence-corrected chi connectivity index (χ4v) is 4.75. The van der Waals surface area contributed by atoms with Crippen LogP contribution in [0.5, 0.6) is 0 Å². The molecule has 0 spiro atoms. The van der Waals surface area contributed by atoms with Crippen LogP contribution in [0.1, 0.15) is 57.5 Å². The fraction of sp³-hybridized carbons (Fsp3) is 0.500. The SMILES string of the molecule is C=c1ccc(C(=O)NCCOCC2CC2)c(C)/c1=C/N(C)CC1CCN(C)CC1.O=Cc1ccc(C(F)(F)F)cc1. The molecule has 6 nitrogen and oxygen atoms in total. The smallest absolute Gasteiger partial charge is 0.380 e. The fourth-order valence-electron chi connectivity index (χ4n) is 4.75. The number of hydrogen-bond donors (Lipinski definition) is 1. The summed E-state index contributed by atoms with van der Waals surface area (Å²) in [5.74, 6) is 1.44. The Balaban J connectivity index is 0.000000322. The van der Waals surface area contributed by atoms with E-state index in [9.17, 15) is 22.8 Å². The molecule has 0 atom stereocenters. The molecule has 0 unspecified atom stereocenters. The first kappa shape index (κ1) is 32.3. The molecule has 41 heavy (non-hydrogen) atoms. The zero-order valence-corrected chi connectivity index (χ0v) is 24.3. The van der Waals surface area contributed by atoms with Crippen LogP contribution in [-0.2, 0) is 10.9 Å². The van der Waals surface area contributed by atoms with Crippen molar-refractivity contribution in [2.24, 2.45) is 11.8 Å². The highest BCUT2D eigenvalue weighted by atomic mass is 19.4. The molecule has 2 aliphatic rings. The van der Waals surface area contributed by atoms with Crippen LogP contribution in [0.3, 0.4) is 0 Å². The topological polar surface area (TPSA) is 61.9 Å². The van der Waals surface area contributed by atoms with E-state index in [-0.39, 0.29) is 11.5 Å². The van der Waals surface area contributed by atoms with Gasteiger partial charge in [0.1, 0.15) is 6.29 Å². The van der Waals surface area contributed by atoms with Crippen LogP contribution in [0, 0.1) is 18.8 Å². The number of piperidine rings is 1. The molecule has 1 aliphatic carbocycles. The van der Waals surface area contributed by atoms with E-state index in [1.807, 2.05) is 19.1 Å². The number of halogens is 3. The zero-order valence-electron chi connectivity index (χ0n) is 24.3. The van der Waals surface area contributed by atoms with Gasteiger partial charge in [-0.15, -0.1) is 0 Å². The van der Waals surface area contributed by atoms with E-state index in [1.165, 1.54) is 38.8 Å². The third-order valence-corrected chi connectivity index (χ3v) is 7.54. The van der Waals surface area contributed by atoms with Crippen molar-refractivity contribution in [3.05, 3.63) is 69.1 Å². The molecule has 1 aliphatic heterocycles. The van der Waals surface area contributed by atoms with Gasteiger partial charge in [-0.25, -0.2) is 0 Å². The van der Waals surface area contributed by atoms with Crippen molar-refractivity contribution >= 4 is 25.0 Å². The molecule has 0 aromatic heterocycles. The highest BCUT2D eigenvalue weighted by molar-refractivity contribution is 5.95. The minimum absolute atomic E-state index is 0.0369. The third-order valence-electron chi connectivity index (χ3n) is 7.54. The van der Waals surface area contributed by atoms with Gasteiger partial charge >= 0.3 is 6.18 Å². The molecular formula is C32H42F3N3O3. The maximum atomic E-state index is 12.7. The summed E-state index contributed by atoms with van der Waals surface area (Å²) in [6.07, 6.45) is 3.39. The minimum Gasteiger partial charge on any atom is -0.380 e. The monoisotopic (exact) mass is 573 g/mol. The Hall–Kier alpha value is -3.17. The lowest BCUT2D eigenvalue weighted by atomic mass is 9.96. The number of alkyl halides is 3. The average molecular weight is 574 g/mol. The first-order chi connectivity index (χ1) is 19.5. The summed E-state index contributed by atoms with van der Waals surface area (Å²) in [6, 6.07) is 7.85. The largest absolute Gasteiger partial charge is 0.416 e. The van der Waals surface area contributed by atoms with Gasteiger partial charge in [0.25, 0.3) is 5.91 Å². The number of hydrogen-bond acceptors (Lipinski definition) is 5. The van der Waals surface area contributed by atoms with E-state index in [0.29, 0.717) is 19.4 Å². The number of likely N-dealkylation sites (tertiary alicyclic amines) is 1. The maximum absolute atomic E-state index is 12.7. The Morgan fingerprint density at radius 3 is 2.34 bits per heavy atom. The molecule has 1 saturated carbocycles. The second-order valence-electron chi connectivity index (χ2n) is 11.1. The second-order valence-corrected chi connectivity index (χ2v) is 11.1. The standard InChI is InChI=1S/C24H37N3O2.C8H5F3O/c1-18-5-8-22(24(28)25-11-14-29-17-21-6-7-21)19(2)23(18)16-27(4)15-20-9-12-26(3)13-10-20;9-8(10,11)7-3-1-6(5-12)2-4-7/h5,8,16,20-21H,1,6-7,9-15,17H2,2-4H3,(H,25,28);1-5H/b23-16+;. The number of rotatable bonds is 10. The summed E-state index contributed by atoms with van der Waals surface area (Å²) < 4.78 is 41.4. The Morgan fingerprint density at radius 2 is 1.76 bits per heavy atom. The van der Waals surface area contributed by atoms with Crippen LogP contribution in [-0.4, -0.2) is 75.5 Å². The third kappa shape index (κ3) is 10.6. The molecule has 2 fully saturated rings. The van der Waals surface area contributed by atoms with E-state index >= 15 is 0 Å². The highest BCUT2D eigenvalue weighted by Gasteiger charge is 2.29. The second kappa shape index (κ2) is 15.2. The normalized spacial score (nSPS) is 16.6. The van der Waals surface area contributed by atoms with Gasteiger partial charge in [0.15, 0.2) is 0 Å². The maximum Gasteiger partial charge on any atom is 0.416 e. The van der Waals surface area contributed by atoms with Crippen molar-refractivity contribution in [2.75, 3.05) is 53.5 Å². The van der Waals surface area contributed by atoms with Gasteiger partial charge < -0.3 is 19.9 Å². The molecule has 4 rings (SSSR count).